The fourth-order valence-electron chi connectivity index (χ4n) is 2.78. The minimum atomic E-state index is -0.516. The van der Waals surface area contributed by atoms with Crippen LogP contribution in [0.5, 0.6) is 0 Å². The Kier molecular flexibility index (Phi) is 5.92. The number of nitrogens with one attached hydrogen (secondary N) is 1. The summed E-state index contributed by atoms with van der Waals surface area (Å²) in [6, 6.07) is 20.7. The van der Waals surface area contributed by atoms with Gasteiger partial charge in [0.2, 0.25) is 0 Å². The number of rotatable bonds is 7. The zero-order chi connectivity index (χ0) is 16.7. The number of hydrogen-bond donors (Lipinski definition) is 2. The van der Waals surface area contributed by atoms with Gasteiger partial charge in [-0.1, -0.05) is 54.6 Å². The summed E-state index contributed by atoms with van der Waals surface area (Å²) < 4.78 is 0. The minimum Gasteiger partial charge on any atom is -0.396 e. The molecule has 0 bridgehead atoms. The molecule has 2 N–H and O–H groups in total. The van der Waals surface area contributed by atoms with Crippen molar-refractivity contribution in [2.24, 2.45) is 0 Å². The van der Waals surface area contributed by atoms with Gasteiger partial charge in [-0.3, -0.25) is 0 Å². The molecule has 0 aromatic heterocycles. The van der Waals surface area contributed by atoms with Crippen molar-refractivity contribution in [3.63, 3.8) is 0 Å². The fourth-order valence-corrected chi connectivity index (χ4v) is 2.78. The van der Waals surface area contributed by atoms with E-state index in [-0.39, 0.29) is 12.6 Å². The molecule has 23 heavy (non-hydrogen) atoms. The van der Waals surface area contributed by atoms with E-state index in [1.807, 2.05) is 50.2 Å². The molecule has 1 unspecified atom stereocenters. The van der Waals surface area contributed by atoms with E-state index in [1.54, 1.807) is 0 Å². The maximum atomic E-state index is 9.41. The molecule has 0 amide bonds. The summed E-state index contributed by atoms with van der Waals surface area (Å²) in [5, 5.41) is 22.3. The van der Waals surface area contributed by atoms with Crippen molar-refractivity contribution in [1.82, 2.24) is 5.32 Å². The molecule has 2 aromatic rings. The topological polar surface area (TPSA) is 56.0 Å². The Labute approximate surface area is 138 Å². The third kappa shape index (κ3) is 4.41. The third-order valence-electron chi connectivity index (χ3n) is 4.13. The van der Waals surface area contributed by atoms with Crippen LogP contribution < -0.4 is 5.32 Å². The molecule has 0 aliphatic carbocycles. The lowest BCUT2D eigenvalue weighted by molar-refractivity contribution is 0.265. The SMILES string of the molecule is CC(C)(C#N)c1ccccc1CNC(CCO)c1ccccc1. The van der Waals surface area contributed by atoms with Crippen molar-refractivity contribution in [3.05, 3.63) is 71.3 Å². The van der Waals surface area contributed by atoms with Crippen LogP contribution in [0.1, 0.15) is 43.0 Å². The highest BCUT2D eigenvalue weighted by atomic mass is 16.3. The number of nitriles is 1. The average molecular weight is 308 g/mol. The molecule has 2 rings (SSSR count). The molecule has 0 radical (unpaired) electrons. The molecular weight excluding hydrogens is 284 g/mol. The highest BCUT2D eigenvalue weighted by molar-refractivity contribution is 5.37. The molecule has 0 aliphatic heterocycles. The van der Waals surface area contributed by atoms with Crippen molar-refractivity contribution >= 4 is 0 Å². The van der Waals surface area contributed by atoms with Gasteiger partial charge in [0.25, 0.3) is 0 Å². The lowest BCUT2D eigenvalue weighted by Crippen LogP contribution is -2.25. The summed E-state index contributed by atoms with van der Waals surface area (Å²) in [6.45, 7) is 4.68. The van der Waals surface area contributed by atoms with Gasteiger partial charge in [0.05, 0.1) is 11.5 Å². The minimum absolute atomic E-state index is 0.0967. The highest BCUT2D eigenvalue weighted by Crippen LogP contribution is 2.26. The number of aliphatic hydroxyl groups is 1. The second-order valence-electron chi connectivity index (χ2n) is 6.25. The Balaban J connectivity index is 2.18. The Bertz CT molecular complexity index is 659. The van der Waals surface area contributed by atoms with Gasteiger partial charge in [-0.25, -0.2) is 0 Å². The molecule has 120 valence electrons. The smallest absolute Gasteiger partial charge is 0.0769 e. The summed E-state index contributed by atoms with van der Waals surface area (Å²) >= 11 is 0. The monoisotopic (exact) mass is 308 g/mol. The number of benzene rings is 2. The zero-order valence-electron chi connectivity index (χ0n) is 13.8. The van der Waals surface area contributed by atoms with Gasteiger partial charge in [0.15, 0.2) is 0 Å². The van der Waals surface area contributed by atoms with E-state index in [9.17, 15) is 10.4 Å². The van der Waals surface area contributed by atoms with Crippen molar-refractivity contribution in [1.29, 1.82) is 5.26 Å². The van der Waals surface area contributed by atoms with Gasteiger partial charge in [0, 0.05) is 19.2 Å². The van der Waals surface area contributed by atoms with Gasteiger partial charge in [-0.2, -0.15) is 5.26 Å². The summed E-state index contributed by atoms with van der Waals surface area (Å²) in [7, 11) is 0. The first-order chi connectivity index (χ1) is 11.1. The third-order valence-corrected chi connectivity index (χ3v) is 4.13. The molecule has 1 atom stereocenters. The Morgan fingerprint density at radius 2 is 1.74 bits per heavy atom. The largest absolute Gasteiger partial charge is 0.396 e. The number of aliphatic hydroxyl groups excluding tert-OH is 1. The van der Waals surface area contributed by atoms with E-state index in [4.69, 9.17) is 0 Å². The quantitative estimate of drug-likeness (QED) is 0.820. The maximum absolute atomic E-state index is 9.41. The molecule has 0 saturated carbocycles. The van der Waals surface area contributed by atoms with Crippen LogP contribution in [0.15, 0.2) is 54.6 Å². The van der Waals surface area contributed by atoms with Crippen molar-refractivity contribution in [3.8, 4) is 6.07 Å². The number of hydrogen-bond acceptors (Lipinski definition) is 3. The maximum Gasteiger partial charge on any atom is 0.0769 e. The summed E-state index contributed by atoms with van der Waals surface area (Å²) in [4.78, 5) is 0. The van der Waals surface area contributed by atoms with E-state index < -0.39 is 5.41 Å². The van der Waals surface area contributed by atoms with E-state index >= 15 is 0 Å². The van der Waals surface area contributed by atoms with Gasteiger partial charge in [-0.05, 0) is 37.0 Å². The second kappa shape index (κ2) is 7.92. The van der Waals surface area contributed by atoms with Crippen LogP contribution in [0.3, 0.4) is 0 Å². The highest BCUT2D eigenvalue weighted by Gasteiger charge is 2.23. The van der Waals surface area contributed by atoms with Crippen LogP contribution in [0, 0.1) is 11.3 Å². The Morgan fingerprint density at radius 3 is 2.39 bits per heavy atom. The van der Waals surface area contributed by atoms with Crippen LogP contribution in [0.25, 0.3) is 0 Å². The second-order valence-corrected chi connectivity index (χ2v) is 6.25. The molecule has 0 aliphatic rings. The molecule has 2 aromatic carbocycles. The van der Waals surface area contributed by atoms with E-state index in [2.05, 4.69) is 29.6 Å². The lowest BCUT2D eigenvalue weighted by atomic mass is 9.83. The van der Waals surface area contributed by atoms with Crippen LogP contribution in [0.4, 0.5) is 0 Å². The fraction of sp³-hybridized carbons (Fsp3) is 0.350. The predicted octanol–water partition coefficient (Wildman–Crippen LogP) is 3.70. The molecule has 3 heteroatoms. The standard InChI is InChI=1S/C20H24N2O/c1-20(2,15-21)18-11-7-6-10-17(18)14-22-19(12-13-23)16-8-4-3-5-9-16/h3-11,19,22-23H,12-14H2,1-2H3. The molecule has 0 fully saturated rings. The van der Waals surface area contributed by atoms with E-state index in [1.165, 1.54) is 5.56 Å². The van der Waals surface area contributed by atoms with Gasteiger partial charge < -0.3 is 10.4 Å². The van der Waals surface area contributed by atoms with Crippen LogP contribution in [-0.4, -0.2) is 11.7 Å². The molecule has 0 spiro atoms. The summed E-state index contributed by atoms with van der Waals surface area (Å²) in [6.07, 6.45) is 0.661. The average Bonchev–Trinajstić information content (AvgIpc) is 2.59. The molecule has 3 nitrogen and oxygen atoms in total. The Hall–Kier alpha value is -2.15. The van der Waals surface area contributed by atoms with Gasteiger partial charge >= 0.3 is 0 Å². The summed E-state index contributed by atoms with van der Waals surface area (Å²) in [5.41, 5.74) is 2.82. The summed E-state index contributed by atoms with van der Waals surface area (Å²) in [5.74, 6) is 0. The Morgan fingerprint density at radius 1 is 1.09 bits per heavy atom. The van der Waals surface area contributed by atoms with Crippen LogP contribution in [-0.2, 0) is 12.0 Å². The van der Waals surface area contributed by atoms with E-state index in [0.717, 1.165) is 11.1 Å². The van der Waals surface area contributed by atoms with Crippen LogP contribution in [0.2, 0.25) is 0 Å². The van der Waals surface area contributed by atoms with Crippen LogP contribution >= 0.6 is 0 Å². The predicted molar refractivity (Wildman–Crippen MR) is 92.8 cm³/mol. The molecule has 0 heterocycles. The first kappa shape index (κ1) is 17.2. The zero-order valence-corrected chi connectivity index (χ0v) is 13.8. The lowest BCUT2D eigenvalue weighted by Gasteiger charge is -2.23. The van der Waals surface area contributed by atoms with Gasteiger partial charge in [0.1, 0.15) is 0 Å². The van der Waals surface area contributed by atoms with Crippen molar-refractivity contribution in [2.75, 3.05) is 6.61 Å². The van der Waals surface area contributed by atoms with Crippen molar-refractivity contribution in [2.45, 2.75) is 38.3 Å². The normalized spacial score (nSPS) is 12.6. The first-order valence-electron chi connectivity index (χ1n) is 7.97. The van der Waals surface area contributed by atoms with Crippen molar-refractivity contribution < 1.29 is 5.11 Å². The molecular formula is C20H24N2O. The molecule has 0 saturated heterocycles. The van der Waals surface area contributed by atoms with Gasteiger partial charge in [-0.15, -0.1) is 0 Å². The number of nitrogens with zero attached hydrogens (tertiary/aromatic N) is 1. The first-order valence-corrected chi connectivity index (χ1v) is 7.97. The van der Waals surface area contributed by atoms with E-state index in [0.29, 0.717) is 13.0 Å².